The third-order valence-electron chi connectivity index (χ3n) is 2.77. The Morgan fingerprint density at radius 2 is 2.24 bits per heavy atom. The lowest BCUT2D eigenvalue weighted by molar-refractivity contribution is -0.385. The minimum atomic E-state index is -0.533. The topological polar surface area (TPSA) is 85.1 Å². The molecule has 0 saturated heterocycles. The second-order valence-electron chi connectivity index (χ2n) is 4.42. The van der Waals surface area contributed by atoms with Gasteiger partial charge in [0.1, 0.15) is 9.48 Å². The van der Waals surface area contributed by atoms with Crippen LogP contribution in [0.3, 0.4) is 0 Å². The zero-order valence-electron chi connectivity index (χ0n) is 11.3. The Kier molecular flexibility index (Phi) is 4.69. The Balaban J connectivity index is 2.21. The molecule has 2 rings (SSSR count). The summed E-state index contributed by atoms with van der Waals surface area (Å²) in [6, 6.07) is 4.10. The van der Waals surface area contributed by atoms with Crippen molar-refractivity contribution < 1.29 is 9.72 Å². The van der Waals surface area contributed by atoms with Gasteiger partial charge >= 0.3 is 0 Å². The normalized spacial score (nSPS) is 12.0. The molecule has 0 radical (unpaired) electrons. The van der Waals surface area contributed by atoms with E-state index in [4.69, 9.17) is 0 Å². The number of aromatic nitrogens is 1. The Bertz CT molecular complexity index is 702. The van der Waals surface area contributed by atoms with Gasteiger partial charge in [0.2, 0.25) is 0 Å². The van der Waals surface area contributed by atoms with Crippen LogP contribution in [-0.4, -0.2) is 15.8 Å². The van der Waals surface area contributed by atoms with E-state index in [2.05, 4.69) is 26.2 Å². The predicted octanol–water partition coefficient (Wildman–Crippen LogP) is 3.61. The van der Waals surface area contributed by atoms with Crippen LogP contribution in [0.1, 0.15) is 34.0 Å². The van der Waals surface area contributed by atoms with E-state index in [-0.39, 0.29) is 27.7 Å². The maximum Gasteiger partial charge on any atom is 0.284 e. The summed E-state index contributed by atoms with van der Waals surface area (Å²) in [6.45, 7) is 3.70. The molecule has 6 nitrogen and oxygen atoms in total. The molecule has 0 aliphatic heterocycles. The fraction of sp³-hybridized carbons (Fsp3) is 0.231. The number of carbonyl (C=O) groups excluding carboxylic acids is 1. The van der Waals surface area contributed by atoms with Crippen molar-refractivity contribution in [3.63, 3.8) is 0 Å². The standard InChI is InChI=1S/C13H12BrN3O3S/c1-7-6-21-13(15-7)8(2)16-12(18)9-4-3-5-10(11(9)14)17(19)20/h3-6,8H,1-2H3,(H,16,18). The van der Waals surface area contributed by atoms with Gasteiger partial charge in [0.25, 0.3) is 11.6 Å². The van der Waals surface area contributed by atoms with Gasteiger partial charge in [-0.2, -0.15) is 0 Å². The first kappa shape index (κ1) is 15.6. The lowest BCUT2D eigenvalue weighted by atomic mass is 10.2. The number of rotatable bonds is 4. The largest absolute Gasteiger partial charge is 0.343 e. The van der Waals surface area contributed by atoms with E-state index in [0.29, 0.717) is 0 Å². The van der Waals surface area contributed by atoms with Crippen molar-refractivity contribution in [3.8, 4) is 0 Å². The lowest BCUT2D eigenvalue weighted by Crippen LogP contribution is -2.27. The predicted molar refractivity (Wildman–Crippen MR) is 83.5 cm³/mol. The van der Waals surface area contributed by atoms with E-state index in [1.807, 2.05) is 19.2 Å². The molecule has 21 heavy (non-hydrogen) atoms. The average Bonchev–Trinajstić information content (AvgIpc) is 2.85. The third kappa shape index (κ3) is 3.45. The second kappa shape index (κ2) is 6.31. The first-order chi connectivity index (χ1) is 9.90. The summed E-state index contributed by atoms with van der Waals surface area (Å²) >= 11 is 4.58. The summed E-state index contributed by atoms with van der Waals surface area (Å²) < 4.78 is 0.176. The van der Waals surface area contributed by atoms with Gasteiger partial charge in [-0.05, 0) is 35.8 Å². The summed E-state index contributed by atoms with van der Waals surface area (Å²) in [6.07, 6.45) is 0. The van der Waals surface area contributed by atoms with Crippen LogP contribution in [-0.2, 0) is 0 Å². The van der Waals surface area contributed by atoms with Crippen LogP contribution in [0.5, 0.6) is 0 Å². The summed E-state index contributed by atoms with van der Waals surface area (Å²) in [7, 11) is 0. The molecule has 1 amide bonds. The van der Waals surface area contributed by atoms with Crippen LogP contribution in [0.2, 0.25) is 0 Å². The highest BCUT2D eigenvalue weighted by molar-refractivity contribution is 9.10. The van der Waals surface area contributed by atoms with Crippen molar-refractivity contribution in [2.75, 3.05) is 0 Å². The maximum absolute atomic E-state index is 12.2. The highest BCUT2D eigenvalue weighted by Crippen LogP contribution is 2.28. The van der Waals surface area contributed by atoms with Gasteiger partial charge in [0.05, 0.1) is 16.5 Å². The van der Waals surface area contributed by atoms with Crippen LogP contribution in [0.15, 0.2) is 28.1 Å². The molecule has 8 heteroatoms. The molecule has 1 heterocycles. The SMILES string of the molecule is Cc1csc(C(C)NC(=O)c2cccc([N+](=O)[O-])c2Br)n1. The van der Waals surface area contributed by atoms with Gasteiger partial charge in [0.15, 0.2) is 0 Å². The summed E-state index contributed by atoms with van der Waals surface area (Å²) in [5.41, 5.74) is 0.984. The molecule has 0 bridgehead atoms. The van der Waals surface area contributed by atoms with Crippen molar-refractivity contribution in [2.24, 2.45) is 0 Å². The molecule has 0 aliphatic carbocycles. The van der Waals surface area contributed by atoms with Crippen LogP contribution in [0.25, 0.3) is 0 Å². The van der Waals surface area contributed by atoms with Crippen LogP contribution < -0.4 is 5.32 Å². The minimum absolute atomic E-state index is 0.139. The van der Waals surface area contributed by atoms with Gasteiger partial charge in [-0.25, -0.2) is 4.98 Å². The van der Waals surface area contributed by atoms with E-state index >= 15 is 0 Å². The molecule has 110 valence electrons. The highest BCUT2D eigenvalue weighted by atomic mass is 79.9. The molecular formula is C13H12BrN3O3S. The number of nitrogens with one attached hydrogen (secondary N) is 1. The number of nitro benzene ring substituents is 1. The molecule has 1 unspecified atom stereocenters. The van der Waals surface area contributed by atoms with E-state index < -0.39 is 4.92 Å². The summed E-state index contributed by atoms with van der Waals surface area (Å²) in [5.74, 6) is -0.383. The number of hydrogen-bond acceptors (Lipinski definition) is 5. The second-order valence-corrected chi connectivity index (χ2v) is 6.10. The van der Waals surface area contributed by atoms with Crippen LogP contribution in [0, 0.1) is 17.0 Å². The van der Waals surface area contributed by atoms with Crippen molar-refractivity contribution in [1.29, 1.82) is 0 Å². The van der Waals surface area contributed by atoms with Crippen molar-refractivity contribution in [1.82, 2.24) is 10.3 Å². The summed E-state index contributed by atoms with van der Waals surface area (Å²) in [5, 5.41) is 16.4. The molecule has 2 aromatic rings. The number of amides is 1. The van der Waals surface area contributed by atoms with E-state index in [9.17, 15) is 14.9 Å². The Morgan fingerprint density at radius 1 is 1.52 bits per heavy atom. The molecule has 1 atom stereocenters. The van der Waals surface area contributed by atoms with Gasteiger partial charge < -0.3 is 5.32 Å². The van der Waals surface area contributed by atoms with Gasteiger partial charge in [-0.1, -0.05) is 6.07 Å². The Hall–Kier alpha value is -1.80. The average molecular weight is 370 g/mol. The van der Waals surface area contributed by atoms with Crippen molar-refractivity contribution >= 4 is 38.9 Å². The first-order valence-electron chi connectivity index (χ1n) is 6.06. The van der Waals surface area contributed by atoms with Gasteiger partial charge in [-0.3, -0.25) is 14.9 Å². The number of hydrogen-bond donors (Lipinski definition) is 1. The Morgan fingerprint density at radius 3 is 2.81 bits per heavy atom. The third-order valence-corrected chi connectivity index (χ3v) is 4.75. The first-order valence-corrected chi connectivity index (χ1v) is 7.73. The zero-order chi connectivity index (χ0) is 15.6. The number of nitro groups is 1. The monoisotopic (exact) mass is 369 g/mol. The van der Waals surface area contributed by atoms with E-state index in [1.165, 1.54) is 29.5 Å². The smallest absolute Gasteiger partial charge is 0.284 e. The van der Waals surface area contributed by atoms with Gasteiger partial charge in [0, 0.05) is 17.1 Å². The van der Waals surface area contributed by atoms with Crippen molar-refractivity contribution in [2.45, 2.75) is 19.9 Å². The van der Waals surface area contributed by atoms with Crippen molar-refractivity contribution in [3.05, 3.63) is 54.4 Å². The summed E-state index contributed by atoms with van der Waals surface area (Å²) in [4.78, 5) is 26.9. The minimum Gasteiger partial charge on any atom is -0.343 e. The number of halogens is 1. The number of thiazole rings is 1. The zero-order valence-corrected chi connectivity index (χ0v) is 13.7. The molecule has 0 spiro atoms. The number of nitrogens with zero attached hydrogens (tertiary/aromatic N) is 2. The number of aryl methyl sites for hydroxylation is 1. The number of carbonyl (C=O) groups is 1. The van der Waals surface area contributed by atoms with Gasteiger partial charge in [-0.15, -0.1) is 11.3 Å². The molecule has 0 fully saturated rings. The lowest BCUT2D eigenvalue weighted by Gasteiger charge is -2.12. The van der Waals surface area contributed by atoms with Crippen LogP contribution in [0.4, 0.5) is 5.69 Å². The van der Waals surface area contributed by atoms with E-state index in [0.717, 1.165) is 10.7 Å². The maximum atomic E-state index is 12.2. The number of benzene rings is 1. The Labute approximate surface area is 133 Å². The molecule has 1 aromatic heterocycles. The fourth-order valence-electron chi connectivity index (χ4n) is 1.74. The molecule has 0 saturated carbocycles. The highest BCUT2D eigenvalue weighted by Gasteiger charge is 2.21. The molecule has 1 aromatic carbocycles. The molecular weight excluding hydrogens is 358 g/mol. The van der Waals surface area contributed by atoms with E-state index in [1.54, 1.807) is 0 Å². The fourth-order valence-corrected chi connectivity index (χ4v) is 3.14. The molecule has 1 N–H and O–H groups in total. The molecule has 0 aliphatic rings. The quantitative estimate of drug-likeness (QED) is 0.658. The van der Waals surface area contributed by atoms with Crippen LogP contribution >= 0.6 is 27.3 Å².